The van der Waals surface area contributed by atoms with E-state index >= 15 is 0 Å². The van der Waals surface area contributed by atoms with E-state index in [1.165, 1.54) is 7.11 Å². The summed E-state index contributed by atoms with van der Waals surface area (Å²) < 4.78 is 34.9. The van der Waals surface area contributed by atoms with Crippen molar-refractivity contribution in [1.82, 2.24) is 0 Å². The molecule has 0 N–H and O–H groups in total. The van der Waals surface area contributed by atoms with Crippen LogP contribution < -0.4 is 0 Å². The number of sulfone groups is 1. The number of methoxy groups -OCH3 is 1. The van der Waals surface area contributed by atoms with Crippen LogP contribution in [0.5, 0.6) is 0 Å². The minimum Gasteiger partial charge on any atom is -0.468 e. The maximum atomic E-state index is 12.5. The number of carbonyl (C=O) groups excluding carboxylic acids is 1. The predicted octanol–water partition coefficient (Wildman–Crippen LogP) is 1.31. The molecule has 1 fully saturated rings. The first kappa shape index (κ1) is 15.4. The van der Waals surface area contributed by atoms with Crippen LogP contribution in [-0.2, 0) is 24.1 Å². The molecular weight excluding hydrogens is 256 g/mol. The third-order valence-corrected chi connectivity index (χ3v) is 6.09. The molecule has 106 valence electrons. The van der Waals surface area contributed by atoms with Crippen LogP contribution in [0.4, 0.5) is 0 Å². The molecule has 0 radical (unpaired) electrons. The van der Waals surface area contributed by atoms with Crippen LogP contribution in [0.25, 0.3) is 0 Å². The van der Waals surface area contributed by atoms with Gasteiger partial charge in [-0.15, -0.1) is 0 Å². The molecule has 1 aliphatic heterocycles. The molecule has 0 bridgehead atoms. The van der Waals surface area contributed by atoms with Gasteiger partial charge in [-0.3, -0.25) is 4.79 Å². The second kappa shape index (κ2) is 6.52. The van der Waals surface area contributed by atoms with Crippen molar-refractivity contribution in [3.8, 4) is 0 Å². The Morgan fingerprint density at radius 1 is 1.50 bits per heavy atom. The van der Waals surface area contributed by atoms with Gasteiger partial charge in [-0.25, -0.2) is 8.42 Å². The second-order valence-corrected chi connectivity index (χ2v) is 7.00. The summed E-state index contributed by atoms with van der Waals surface area (Å²) in [6, 6.07) is 0. The van der Waals surface area contributed by atoms with Crippen LogP contribution in [-0.4, -0.2) is 44.7 Å². The number of carbonyl (C=O) groups is 1. The van der Waals surface area contributed by atoms with Gasteiger partial charge in [0, 0.05) is 6.61 Å². The number of unbranched alkanes of at least 4 members (excludes halogenated alkanes) is 1. The number of hydrogen-bond donors (Lipinski definition) is 0. The largest absolute Gasteiger partial charge is 0.468 e. The number of rotatable bonds is 6. The average molecular weight is 278 g/mol. The molecule has 0 aromatic heterocycles. The van der Waals surface area contributed by atoms with E-state index in [4.69, 9.17) is 4.74 Å². The molecule has 1 rings (SSSR count). The zero-order chi connectivity index (χ0) is 13.8. The Balaban J connectivity index is 2.91. The highest BCUT2D eigenvalue weighted by Crippen LogP contribution is 2.27. The van der Waals surface area contributed by atoms with Crippen molar-refractivity contribution in [2.24, 2.45) is 0 Å². The van der Waals surface area contributed by atoms with Crippen molar-refractivity contribution >= 4 is 15.8 Å². The molecule has 3 unspecified atom stereocenters. The van der Waals surface area contributed by atoms with E-state index in [9.17, 15) is 13.2 Å². The summed E-state index contributed by atoms with van der Waals surface area (Å²) in [6.45, 7) is 4.14. The van der Waals surface area contributed by atoms with Crippen LogP contribution in [0.1, 0.15) is 39.5 Å². The van der Waals surface area contributed by atoms with Gasteiger partial charge in [-0.1, -0.05) is 19.8 Å². The lowest BCUT2D eigenvalue weighted by molar-refractivity contribution is -0.140. The zero-order valence-corrected chi connectivity index (χ0v) is 12.0. The molecule has 18 heavy (non-hydrogen) atoms. The zero-order valence-electron chi connectivity index (χ0n) is 11.2. The van der Waals surface area contributed by atoms with Gasteiger partial charge >= 0.3 is 5.97 Å². The summed E-state index contributed by atoms with van der Waals surface area (Å²) in [7, 11) is -2.31. The van der Waals surface area contributed by atoms with E-state index in [1.54, 1.807) is 6.92 Å². The molecule has 0 amide bonds. The van der Waals surface area contributed by atoms with E-state index < -0.39 is 26.3 Å². The van der Waals surface area contributed by atoms with E-state index in [1.807, 2.05) is 6.92 Å². The normalized spacial score (nSPS) is 25.9. The van der Waals surface area contributed by atoms with Crippen LogP contribution in [0.15, 0.2) is 0 Å². The Morgan fingerprint density at radius 2 is 2.17 bits per heavy atom. The summed E-state index contributed by atoms with van der Waals surface area (Å²) >= 11 is 0. The van der Waals surface area contributed by atoms with Crippen molar-refractivity contribution in [1.29, 1.82) is 0 Å². The molecule has 1 heterocycles. The lowest BCUT2D eigenvalue weighted by Gasteiger charge is -2.21. The topological polar surface area (TPSA) is 69.7 Å². The fourth-order valence-electron chi connectivity index (χ4n) is 2.29. The van der Waals surface area contributed by atoms with Crippen LogP contribution in [0.2, 0.25) is 0 Å². The molecule has 5 nitrogen and oxygen atoms in total. The quantitative estimate of drug-likeness (QED) is 0.685. The van der Waals surface area contributed by atoms with Crippen molar-refractivity contribution in [3.63, 3.8) is 0 Å². The second-order valence-electron chi connectivity index (χ2n) is 4.65. The fourth-order valence-corrected chi connectivity index (χ4v) is 4.61. The van der Waals surface area contributed by atoms with Gasteiger partial charge in [0.2, 0.25) is 0 Å². The van der Waals surface area contributed by atoms with Crippen molar-refractivity contribution < 1.29 is 22.7 Å². The molecule has 0 saturated carbocycles. The Morgan fingerprint density at radius 3 is 2.61 bits per heavy atom. The van der Waals surface area contributed by atoms with Crippen molar-refractivity contribution in [2.75, 3.05) is 13.7 Å². The van der Waals surface area contributed by atoms with Gasteiger partial charge in [-0.05, 0) is 19.8 Å². The molecule has 6 heteroatoms. The van der Waals surface area contributed by atoms with Crippen molar-refractivity contribution in [2.45, 2.75) is 56.1 Å². The lowest BCUT2D eigenvalue weighted by Crippen LogP contribution is -2.41. The minimum absolute atomic E-state index is 0.328. The van der Waals surface area contributed by atoms with Crippen LogP contribution >= 0.6 is 0 Å². The highest BCUT2D eigenvalue weighted by Gasteiger charge is 2.44. The minimum atomic E-state index is -3.53. The maximum Gasteiger partial charge on any atom is 0.324 e. The highest BCUT2D eigenvalue weighted by molar-refractivity contribution is 7.93. The smallest absolute Gasteiger partial charge is 0.324 e. The molecule has 3 atom stereocenters. The molecule has 0 spiro atoms. The molecule has 0 aliphatic carbocycles. The SMILES string of the molecule is CCCCC(C(=O)OC)S(=O)(=O)C1CCOC1C. The lowest BCUT2D eigenvalue weighted by atomic mass is 10.2. The maximum absolute atomic E-state index is 12.5. The Labute approximate surface area is 109 Å². The van der Waals surface area contributed by atoms with Crippen molar-refractivity contribution in [3.05, 3.63) is 0 Å². The van der Waals surface area contributed by atoms with E-state index in [2.05, 4.69) is 4.74 Å². The number of esters is 1. The number of hydrogen-bond acceptors (Lipinski definition) is 5. The average Bonchev–Trinajstić information content (AvgIpc) is 2.76. The summed E-state index contributed by atoms with van der Waals surface area (Å²) in [5, 5.41) is -1.63. The Bertz CT molecular complexity index is 376. The molecule has 0 aromatic carbocycles. The van der Waals surface area contributed by atoms with Crippen LogP contribution in [0.3, 0.4) is 0 Å². The molecule has 1 saturated heterocycles. The van der Waals surface area contributed by atoms with E-state index in [-0.39, 0.29) is 6.10 Å². The molecule has 1 aliphatic rings. The van der Waals surface area contributed by atoms with Gasteiger partial charge in [0.1, 0.15) is 0 Å². The predicted molar refractivity (Wildman–Crippen MR) is 68.1 cm³/mol. The van der Waals surface area contributed by atoms with Gasteiger partial charge in [0.05, 0.1) is 18.5 Å². The molecule has 0 aromatic rings. The Kier molecular flexibility index (Phi) is 5.59. The first-order chi connectivity index (χ1) is 8.45. The number of ether oxygens (including phenoxy) is 2. The third-order valence-electron chi connectivity index (χ3n) is 3.41. The standard InChI is InChI=1S/C12H22O5S/c1-4-5-6-11(12(13)16-3)18(14,15)10-7-8-17-9(10)2/h9-11H,4-8H2,1-3H3. The van der Waals surface area contributed by atoms with Gasteiger partial charge in [0.15, 0.2) is 15.1 Å². The Hall–Kier alpha value is -0.620. The highest BCUT2D eigenvalue weighted by atomic mass is 32.2. The first-order valence-corrected chi connectivity index (χ1v) is 7.98. The van der Waals surface area contributed by atoms with Gasteiger partial charge in [0.25, 0.3) is 0 Å². The van der Waals surface area contributed by atoms with Crippen LogP contribution in [0, 0.1) is 0 Å². The fraction of sp³-hybridized carbons (Fsp3) is 0.917. The first-order valence-electron chi connectivity index (χ1n) is 6.37. The molecular formula is C12H22O5S. The van der Waals surface area contributed by atoms with E-state index in [0.29, 0.717) is 25.9 Å². The third kappa shape index (κ3) is 3.23. The van der Waals surface area contributed by atoms with E-state index in [0.717, 1.165) is 6.42 Å². The van der Waals surface area contributed by atoms with Gasteiger partial charge in [-0.2, -0.15) is 0 Å². The summed E-state index contributed by atoms with van der Waals surface area (Å²) in [5.74, 6) is -0.650. The van der Waals surface area contributed by atoms with Gasteiger partial charge < -0.3 is 9.47 Å². The monoisotopic (exact) mass is 278 g/mol. The summed E-state index contributed by atoms with van der Waals surface area (Å²) in [5.41, 5.74) is 0. The summed E-state index contributed by atoms with van der Waals surface area (Å²) in [4.78, 5) is 11.7. The summed E-state index contributed by atoms with van der Waals surface area (Å²) in [6.07, 6.45) is 1.99.